The molecule has 1 atom stereocenters. The van der Waals surface area contributed by atoms with Crippen LogP contribution in [0.3, 0.4) is 0 Å². The molecule has 0 heterocycles. The lowest BCUT2D eigenvalue weighted by Crippen LogP contribution is -2.51. The molecule has 33 heavy (non-hydrogen) atoms. The number of nitrogens with one attached hydrogen (secondary N) is 1. The van der Waals surface area contributed by atoms with Crippen LogP contribution < -0.4 is 5.32 Å². The lowest BCUT2D eigenvalue weighted by atomic mass is 10.0. The van der Waals surface area contributed by atoms with Gasteiger partial charge in [0.05, 0.1) is 6.42 Å². The van der Waals surface area contributed by atoms with Gasteiger partial charge in [0.2, 0.25) is 11.8 Å². The number of halogens is 1. The quantitative estimate of drug-likeness (QED) is 0.487. The highest BCUT2D eigenvalue weighted by molar-refractivity contribution is 5.88. The fourth-order valence-electron chi connectivity index (χ4n) is 3.66. The Morgan fingerprint density at radius 3 is 2.03 bits per heavy atom. The Hall–Kier alpha value is -3.47. The van der Waals surface area contributed by atoms with Crippen molar-refractivity contribution >= 4 is 11.8 Å². The van der Waals surface area contributed by atoms with Gasteiger partial charge in [0.25, 0.3) is 0 Å². The SMILES string of the molecule is CC(C)CNC(=O)[C@H](Cc1ccccc1)N(Cc1ccccc1F)C(=O)Cc1ccccc1. The van der Waals surface area contributed by atoms with E-state index in [4.69, 9.17) is 0 Å². The summed E-state index contributed by atoms with van der Waals surface area (Å²) in [4.78, 5) is 28.4. The fraction of sp³-hybridized carbons (Fsp3) is 0.286. The van der Waals surface area contributed by atoms with Gasteiger partial charge in [0.15, 0.2) is 0 Å². The van der Waals surface area contributed by atoms with Crippen molar-refractivity contribution < 1.29 is 14.0 Å². The smallest absolute Gasteiger partial charge is 0.243 e. The first kappa shape index (κ1) is 24.2. The summed E-state index contributed by atoms with van der Waals surface area (Å²) in [5, 5.41) is 2.98. The van der Waals surface area contributed by atoms with Gasteiger partial charge in [-0.05, 0) is 23.1 Å². The van der Waals surface area contributed by atoms with Crippen LogP contribution in [0.1, 0.15) is 30.5 Å². The van der Waals surface area contributed by atoms with Crippen molar-refractivity contribution in [2.45, 2.75) is 39.3 Å². The van der Waals surface area contributed by atoms with E-state index in [0.717, 1.165) is 11.1 Å². The Balaban J connectivity index is 1.95. The molecule has 0 aliphatic heterocycles. The highest BCUT2D eigenvalue weighted by Gasteiger charge is 2.31. The third kappa shape index (κ3) is 7.28. The van der Waals surface area contributed by atoms with Crippen LogP contribution in [-0.4, -0.2) is 29.3 Å². The molecule has 0 aliphatic rings. The van der Waals surface area contributed by atoms with Gasteiger partial charge >= 0.3 is 0 Å². The van der Waals surface area contributed by atoms with Gasteiger partial charge in [0.1, 0.15) is 11.9 Å². The van der Waals surface area contributed by atoms with E-state index in [-0.39, 0.29) is 30.7 Å². The van der Waals surface area contributed by atoms with Crippen LogP contribution in [0.4, 0.5) is 4.39 Å². The topological polar surface area (TPSA) is 49.4 Å². The normalized spacial score (nSPS) is 11.8. The van der Waals surface area contributed by atoms with E-state index >= 15 is 0 Å². The summed E-state index contributed by atoms with van der Waals surface area (Å²) in [5.74, 6) is -0.571. The molecule has 0 aliphatic carbocycles. The second-order valence-corrected chi connectivity index (χ2v) is 8.62. The lowest BCUT2D eigenvalue weighted by molar-refractivity contribution is -0.140. The maximum absolute atomic E-state index is 14.5. The van der Waals surface area contributed by atoms with Crippen LogP contribution >= 0.6 is 0 Å². The van der Waals surface area contributed by atoms with E-state index < -0.39 is 11.9 Å². The number of hydrogen-bond acceptors (Lipinski definition) is 2. The molecule has 0 bridgehead atoms. The Kier molecular flexibility index (Phi) is 8.76. The third-order valence-electron chi connectivity index (χ3n) is 5.45. The molecular formula is C28H31FN2O2. The molecular weight excluding hydrogens is 415 g/mol. The van der Waals surface area contributed by atoms with Crippen LogP contribution in [0.25, 0.3) is 0 Å². The van der Waals surface area contributed by atoms with Crippen LogP contribution in [-0.2, 0) is 29.0 Å². The summed E-state index contributed by atoms with van der Waals surface area (Å²) in [6.07, 6.45) is 0.484. The molecule has 0 saturated heterocycles. The lowest BCUT2D eigenvalue weighted by Gasteiger charge is -2.32. The summed E-state index contributed by atoms with van der Waals surface area (Å²) in [5.41, 5.74) is 2.17. The molecule has 1 N–H and O–H groups in total. The van der Waals surface area contributed by atoms with Crippen LogP contribution in [0.2, 0.25) is 0 Å². The maximum atomic E-state index is 14.5. The molecule has 0 fully saturated rings. The van der Waals surface area contributed by atoms with Gasteiger partial charge in [-0.2, -0.15) is 0 Å². The molecule has 0 unspecified atom stereocenters. The number of carbonyl (C=O) groups excluding carboxylic acids is 2. The monoisotopic (exact) mass is 446 g/mol. The molecule has 0 aromatic heterocycles. The Labute approximate surface area is 195 Å². The van der Waals surface area contributed by atoms with Crippen LogP contribution in [0, 0.1) is 11.7 Å². The number of nitrogens with zero attached hydrogens (tertiary/aromatic N) is 1. The first-order chi connectivity index (χ1) is 15.9. The molecule has 3 aromatic rings. The molecule has 4 nitrogen and oxygen atoms in total. The fourth-order valence-corrected chi connectivity index (χ4v) is 3.66. The predicted molar refractivity (Wildman–Crippen MR) is 129 cm³/mol. The Morgan fingerprint density at radius 1 is 0.848 bits per heavy atom. The molecule has 0 saturated carbocycles. The van der Waals surface area contributed by atoms with E-state index in [1.165, 1.54) is 11.0 Å². The van der Waals surface area contributed by atoms with Crippen molar-refractivity contribution in [3.63, 3.8) is 0 Å². The van der Waals surface area contributed by atoms with Gasteiger partial charge in [-0.3, -0.25) is 9.59 Å². The predicted octanol–water partition coefficient (Wildman–Crippen LogP) is 4.78. The standard InChI is InChI=1S/C28H31FN2O2/c1-21(2)19-30-28(33)26(17-22-11-5-3-6-12-22)31(20-24-15-9-10-16-25(24)29)27(32)18-23-13-7-4-8-14-23/h3-16,21,26H,17-20H2,1-2H3,(H,30,33)/t26-/m0/s1. The zero-order chi connectivity index (χ0) is 23.6. The van der Waals surface area contributed by atoms with Crippen LogP contribution in [0.5, 0.6) is 0 Å². The molecule has 5 heteroatoms. The molecule has 0 spiro atoms. The minimum atomic E-state index is -0.762. The first-order valence-electron chi connectivity index (χ1n) is 11.3. The Bertz CT molecular complexity index is 1040. The number of amides is 2. The number of hydrogen-bond donors (Lipinski definition) is 1. The molecule has 2 amide bonds. The summed E-state index contributed by atoms with van der Waals surface area (Å²) in [7, 11) is 0. The summed E-state index contributed by atoms with van der Waals surface area (Å²) in [6.45, 7) is 4.56. The Morgan fingerprint density at radius 2 is 1.42 bits per heavy atom. The third-order valence-corrected chi connectivity index (χ3v) is 5.45. The van der Waals surface area contributed by atoms with Crippen molar-refractivity contribution in [2.75, 3.05) is 6.54 Å². The van der Waals surface area contributed by atoms with E-state index in [0.29, 0.717) is 18.5 Å². The summed E-state index contributed by atoms with van der Waals surface area (Å²) >= 11 is 0. The highest BCUT2D eigenvalue weighted by atomic mass is 19.1. The van der Waals surface area contributed by atoms with Crippen molar-refractivity contribution in [1.82, 2.24) is 10.2 Å². The van der Waals surface area contributed by atoms with E-state index in [9.17, 15) is 14.0 Å². The van der Waals surface area contributed by atoms with Crippen molar-refractivity contribution in [3.8, 4) is 0 Å². The largest absolute Gasteiger partial charge is 0.354 e. The molecule has 3 rings (SSSR count). The summed E-state index contributed by atoms with van der Waals surface area (Å²) < 4.78 is 14.5. The number of carbonyl (C=O) groups is 2. The second kappa shape index (κ2) is 12.0. The van der Waals surface area contributed by atoms with Crippen LogP contribution in [0.15, 0.2) is 84.9 Å². The first-order valence-corrected chi connectivity index (χ1v) is 11.3. The van der Waals surface area contributed by atoms with Gasteiger partial charge in [-0.25, -0.2) is 4.39 Å². The summed E-state index contributed by atoms with van der Waals surface area (Å²) in [6, 6.07) is 24.6. The van der Waals surface area contributed by atoms with E-state index in [1.807, 2.05) is 74.5 Å². The highest BCUT2D eigenvalue weighted by Crippen LogP contribution is 2.18. The zero-order valence-corrected chi connectivity index (χ0v) is 19.2. The van der Waals surface area contributed by atoms with Gasteiger partial charge in [-0.1, -0.05) is 92.7 Å². The molecule has 0 radical (unpaired) electrons. The van der Waals surface area contributed by atoms with E-state index in [1.54, 1.807) is 18.2 Å². The van der Waals surface area contributed by atoms with Gasteiger partial charge in [0, 0.05) is 25.1 Å². The maximum Gasteiger partial charge on any atom is 0.243 e. The van der Waals surface area contributed by atoms with Gasteiger partial charge in [-0.15, -0.1) is 0 Å². The second-order valence-electron chi connectivity index (χ2n) is 8.62. The minimum absolute atomic E-state index is 0.0188. The van der Waals surface area contributed by atoms with Crippen molar-refractivity contribution in [2.24, 2.45) is 5.92 Å². The number of benzene rings is 3. The van der Waals surface area contributed by atoms with E-state index in [2.05, 4.69) is 5.32 Å². The van der Waals surface area contributed by atoms with Crippen molar-refractivity contribution in [3.05, 3.63) is 107 Å². The average molecular weight is 447 g/mol. The zero-order valence-electron chi connectivity index (χ0n) is 19.2. The van der Waals surface area contributed by atoms with Crippen molar-refractivity contribution in [1.29, 1.82) is 0 Å². The average Bonchev–Trinajstić information content (AvgIpc) is 2.82. The molecule has 172 valence electrons. The number of rotatable bonds is 10. The molecule has 3 aromatic carbocycles. The van der Waals surface area contributed by atoms with Gasteiger partial charge < -0.3 is 10.2 Å². The minimum Gasteiger partial charge on any atom is -0.354 e.